The van der Waals surface area contributed by atoms with E-state index in [1.54, 1.807) is 18.2 Å². The van der Waals surface area contributed by atoms with Crippen molar-refractivity contribution in [2.75, 3.05) is 33.2 Å². The molecule has 2 aromatic rings. The van der Waals surface area contributed by atoms with Crippen molar-refractivity contribution >= 4 is 23.5 Å². The molecule has 1 aliphatic carbocycles. The summed E-state index contributed by atoms with van der Waals surface area (Å²) >= 11 is 0. The van der Waals surface area contributed by atoms with Crippen LogP contribution >= 0.6 is 0 Å². The van der Waals surface area contributed by atoms with Crippen molar-refractivity contribution in [2.45, 2.75) is 32.2 Å². The molecule has 1 aromatic carbocycles. The molecule has 0 spiro atoms. The molecule has 4 N–H and O–H groups in total. The molecule has 0 atom stereocenters. The van der Waals surface area contributed by atoms with Gasteiger partial charge < -0.3 is 25.9 Å². The number of aldehydes is 1. The first-order valence-corrected chi connectivity index (χ1v) is 11.5. The fraction of sp³-hybridized carbons (Fsp3) is 0.440. The number of benzene rings is 1. The Kier molecular flexibility index (Phi) is 8.11. The van der Waals surface area contributed by atoms with Gasteiger partial charge in [0.2, 0.25) is 5.91 Å². The largest absolute Gasteiger partial charge is 0.339 e. The van der Waals surface area contributed by atoms with Crippen molar-refractivity contribution in [1.29, 1.82) is 5.41 Å². The molecule has 8 nitrogen and oxygen atoms in total. The number of imidazole rings is 1. The van der Waals surface area contributed by atoms with Crippen LogP contribution in [0.2, 0.25) is 0 Å². The summed E-state index contributed by atoms with van der Waals surface area (Å²) in [6.07, 6.45) is 5.58. The second kappa shape index (κ2) is 10.8. The van der Waals surface area contributed by atoms with Gasteiger partial charge in [0.1, 0.15) is 11.6 Å². The van der Waals surface area contributed by atoms with E-state index < -0.39 is 5.54 Å². The van der Waals surface area contributed by atoms with E-state index in [1.807, 2.05) is 18.7 Å². The summed E-state index contributed by atoms with van der Waals surface area (Å²) in [6, 6.07) is 5.77. The van der Waals surface area contributed by atoms with Crippen LogP contribution in [-0.2, 0) is 4.79 Å². The average Bonchev–Trinajstić information content (AvgIpc) is 3.40. The summed E-state index contributed by atoms with van der Waals surface area (Å²) in [5, 5.41) is 8.11. The smallest absolute Gasteiger partial charge is 0.242 e. The van der Waals surface area contributed by atoms with Crippen molar-refractivity contribution in [3.8, 4) is 0 Å². The summed E-state index contributed by atoms with van der Waals surface area (Å²) in [6.45, 7) is 7.59. The minimum absolute atomic E-state index is 0.122. The number of hydrogen-bond donors (Lipinski definition) is 3. The van der Waals surface area contributed by atoms with Crippen LogP contribution in [-0.4, -0.2) is 76.4 Å². The lowest BCUT2D eigenvalue weighted by Crippen LogP contribution is -2.53. The van der Waals surface area contributed by atoms with Crippen LogP contribution in [0.15, 0.2) is 36.5 Å². The zero-order valence-corrected chi connectivity index (χ0v) is 20.0. The summed E-state index contributed by atoms with van der Waals surface area (Å²) in [7, 11) is 2.08. The third-order valence-corrected chi connectivity index (χ3v) is 6.08. The Morgan fingerprint density at radius 1 is 1.21 bits per heavy atom. The van der Waals surface area contributed by atoms with Crippen molar-refractivity contribution < 1.29 is 14.0 Å². The summed E-state index contributed by atoms with van der Waals surface area (Å²) in [5.41, 5.74) is 7.47. The third kappa shape index (κ3) is 6.45. The van der Waals surface area contributed by atoms with E-state index in [4.69, 9.17) is 11.1 Å². The van der Waals surface area contributed by atoms with E-state index in [-0.39, 0.29) is 23.4 Å². The number of aromatic amines is 1. The zero-order chi connectivity index (χ0) is 24.9. The monoisotopic (exact) mass is 468 g/mol. The maximum atomic E-state index is 12.9. The average molecular weight is 469 g/mol. The molecular weight excluding hydrogens is 435 g/mol. The van der Waals surface area contributed by atoms with E-state index in [0.717, 1.165) is 44.6 Å². The molecule has 0 radical (unpaired) electrons. The molecule has 4 rings (SSSR count). The Hall–Kier alpha value is -3.17. The topological polar surface area (TPSA) is 119 Å². The quantitative estimate of drug-likeness (QED) is 0.445. The number of nitrogens with zero attached hydrogens (tertiary/aromatic N) is 3. The molecule has 1 aromatic heterocycles. The highest BCUT2D eigenvalue weighted by atomic mass is 19.1. The maximum absolute atomic E-state index is 12.9. The minimum Gasteiger partial charge on any atom is -0.339 e. The van der Waals surface area contributed by atoms with Gasteiger partial charge in [-0.3, -0.25) is 9.59 Å². The number of carbonyl (C=O) groups excluding carboxylic acids is 2. The highest BCUT2D eigenvalue weighted by Gasteiger charge is 2.48. The van der Waals surface area contributed by atoms with Gasteiger partial charge in [0.15, 0.2) is 6.29 Å². The molecule has 1 aliphatic heterocycles. The number of halogens is 1. The molecule has 1 amide bonds. The SMILES string of the molecule is CC(C)/C(=C/C(=N)c1ccc(F)cc1)c1ncc(C=O)[nH]1.CN1CCN(C(=O)C2(N)CC2)CC1. The lowest BCUT2D eigenvalue weighted by Gasteiger charge is -2.33. The van der Waals surface area contributed by atoms with Crippen molar-refractivity contribution in [3.05, 3.63) is 59.4 Å². The number of allylic oxidation sites excluding steroid dienone is 2. The molecule has 182 valence electrons. The van der Waals surface area contributed by atoms with Crippen LogP contribution in [0.4, 0.5) is 4.39 Å². The standard InChI is InChI=1S/C16H16FN3O.C9H17N3O/c1-10(2)14(16-19-8-13(9-21)20-16)7-15(18)11-3-5-12(17)6-4-11;1-11-4-6-12(7-5-11)8(13)9(10)2-3-9/h3-10,18H,1-2H3,(H,19,20);2-7,10H2,1H3/b14-7-,18-15?;. The van der Waals surface area contributed by atoms with Crippen LogP contribution < -0.4 is 5.73 Å². The van der Waals surface area contributed by atoms with Crippen LogP contribution in [0.1, 0.15) is 48.6 Å². The van der Waals surface area contributed by atoms with Crippen LogP contribution in [0.25, 0.3) is 5.57 Å². The van der Waals surface area contributed by atoms with Gasteiger partial charge in [-0.2, -0.15) is 0 Å². The number of aromatic nitrogens is 2. The third-order valence-electron chi connectivity index (χ3n) is 6.08. The Morgan fingerprint density at radius 3 is 2.32 bits per heavy atom. The van der Waals surface area contributed by atoms with Gasteiger partial charge in [-0.1, -0.05) is 13.8 Å². The number of amides is 1. The van der Waals surface area contributed by atoms with Crippen molar-refractivity contribution in [2.24, 2.45) is 11.7 Å². The second-order valence-corrected chi connectivity index (χ2v) is 9.23. The van der Waals surface area contributed by atoms with Crippen LogP contribution in [0.3, 0.4) is 0 Å². The predicted molar refractivity (Wildman–Crippen MR) is 130 cm³/mol. The van der Waals surface area contributed by atoms with Gasteiger partial charge >= 0.3 is 0 Å². The Labute approximate surface area is 199 Å². The number of nitrogens with one attached hydrogen (secondary N) is 2. The number of hydrogen-bond acceptors (Lipinski definition) is 6. The Bertz CT molecular complexity index is 1050. The van der Waals surface area contributed by atoms with Crippen molar-refractivity contribution in [1.82, 2.24) is 19.8 Å². The number of rotatable bonds is 6. The molecule has 34 heavy (non-hydrogen) atoms. The predicted octanol–water partition coefficient (Wildman–Crippen LogP) is 2.72. The van der Waals surface area contributed by atoms with E-state index in [0.29, 0.717) is 23.4 Å². The van der Waals surface area contributed by atoms with Crippen LogP contribution in [0, 0.1) is 17.1 Å². The number of H-pyrrole nitrogens is 1. The highest BCUT2D eigenvalue weighted by Crippen LogP contribution is 2.34. The molecule has 1 saturated heterocycles. The van der Waals surface area contributed by atoms with Gasteiger partial charge in [0.25, 0.3) is 0 Å². The number of nitrogens with two attached hydrogens (primary N) is 1. The normalized spacial score (nSPS) is 17.7. The van der Waals surface area contributed by atoms with Gasteiger partial charge in [0.05, 0.1) is 23.1 Å². The maximum Gasteiger partial charge on any atom is 0.242 e. The van der Waals surface area contributed by atoms with Gasteiger partial charge in [0, 0.05) is 26.2 Å². The van der Waals surface area contributed by atoms with Crippen molar-refractivity contribution in [3.63, 3.8) is 0 Å². The Balaban J connectivity index is 0.000000212. The van der Waals surface area contributed by atoms with E-state index in [1.165, 1.54) is 18.3 Å². The van der Waals surface area contributed by atoms with Crippen LogP contribution in [0.5, 0.6) is 0 Å². The molecule has 0 unspecified atom stereocenters. The summed E-state index contributed by atoms with van der Waals surface area (Å²) in [4.78, 5) is 33.7. The zero-order valence-electron chi connectivity index (χ0n) is 20.0. The second-order valence-electron chi connectivity index (χ2n) is 9.23. The number of piperazine rings is 1. The molecule has 2 fully saturated rings. The molecular formula is C25H33FN6O2. The first-order valence-electron chi connectivity index (χ1n) is 11.5. The summed E-state index contributed by atoms with van der Waals surface area (Å²) in [5.74, 6) is 0.525. The van der Waals surface area contributed by atoms with Gasteiger partial charge in [-0.05, 0) is 67.3 Å². The fourth-order valence-corrected chi connectivity index (χ4v) is 3.59. The summed E-state index contributed by atoms with van der Waals surface area (Å²) < 4.78 is 12.9. The lowest BCUT2D eigenvalue weighted by molar-refractivity contribution is -0.135. The minimum atomic E-state index is -0.476. The molecule has 1 saturated carbocycles. The number of carbonyl (C=O) groups is 2. The lowest BCUT2D eigenvalue weighted by atomic mass is 9.98. The number of likely N-dealkylation sites (N-methyl/N-ethyl adjacent to an activating group) is 1. The molecule has 9 heteroatoms. The molecule has 2 heterocycles. The molecule has 2 aliphatic rings. The molecule has 0 bridgehead atoms. The fourth-order valence-electron chi connectivity index (χ4n) is 3.59. The van der Waals surface area contributed by atoms with E-state index in [9.17, 15) is 14.0 Å². The Morgan fingerprint density at radius 2 is 1.82 bits per heavy atom. The first-order chi connectivity index (χ1) is 16.1. The first kappa shape index (κ1) is 25.5. The highest BCUT2D eigenvalue weighted by molar-refractivity contribution is 6.10. The van der Waals surface area contributed by atoms with E-state index >= 15 is 0 Å². The van der Waals surface area contributed by atoms with Gasteiger partial charge in [-0.15, -0.1) is 0 Å². The van der Waals surface area contributed by atoms with E-state index in [2.05, 4.69) is 21.9 Å². The van der Waals surface area contributed by atoms with Gasteiger partial charge in [-0.25, -0.2) is 9.37 Å².